The lowest BCUT2D eigenvalue weighted by molar-refractivity contribution is 0.0937. The quantitative estimate of drug-likeness (QED) is 0.861. The van der Waals surface area contributed by atoms with E-state index in [1.807, 2.05) is 6.92 Å². The summed E-state index contributed by atoms with van der Waals surface area (Å²) < 4.78 is 24.9. The molecule has 104 valence electrons. The van der Waals surface area contributed by atoms with Gasteiger partial charge >= 0.3 is 0 Å². The van der Waals surface area contributed by atoms with E-state index in [9.17, 15) is 13.2 Å². The molecule has 1 aliphatic carbocycles. The number of hydrogen-bond donors (Lipinski definition) is 2. The molecule has 19 heavy (non-hydrogen) atoms. The molecule has 1 aliphatic rings. The Morgan fingerprint density at radius 2 is 1.95 bits per heavy atom. The second kappa shape index (κ2) is 5.21. The molecule has 0 spiro atoms. The Morgan fingerprint density at radius 3 is 2.53 bits per heavy atom. The van der Waals surface area contributed by atoms with Crippen LogP contribution in [0.3, 0.4) is 0 Å². The van der Waals surface area contributed by atoms with Crippen molar-refractivity contribution < 1.29 is 13.2 Å². The smallest absolute Gasteiger partial charge is 0.253 e. The van der Waals surface area contributed by atoms with Crippen molar-refractivity contribution >= 4 is 21.6 Å². The van der Waals surface area contributed by atoms with E-state index in [1.165, 1.54) is 0 Å². The van der Waals surface area contributed by atoms with E-state index >= 15 is 0 Å². The predicted octanol–water partition coefficient (Wildman–Crippen LogP) is 1.59. The number of rotatable bonds is 5. The summed E-state index contributed by atoms with van der Waals surface area (Å²) in [4.78, 5) is 12.1. The molecule has 1 saturated carbocycles. The van der Waals surface area contributed by atoms with Gasteiger partial charge in [0, 0.05) is 6.04 Å². The van der Waals surface area contributed by atoms with Crippen LogP contribution in [0.25, 0.3) is 0 Å². The van der Waals surface area contributed by atoms with Crippen LogP contribution in [0.15, 0.2) is 24.3 Å². The third-order valence-electron chi connectivity index (χ3n) is 3.15. The summed E-state index contributed by atoms with van der Waals surface area (Å²) in [5.74, 6) is 0.310. The largest absolute Gasteiger partial charge is 0.349 e. The highest BCUT2D eigenvalue weighted by Crippen LogP contribution is 2.32. The molecule has 0 aromatic heterocycles. The van der Waals surface area contributed by atoms with Crippen molar-refractivity contribution in [2.24, 2.45) is 5.92 Å². The third kappa shape index (κ3) is 3.96. The van der Waals surface area contributed by atoms with Crippen LogP contribution in [0, 0.1) is 5.92 Å². The summed E-state index contributed by atoms with van der Waals surface area (Å²) >= 11 is 0. The highest BCUT2D eigenvalue weighted by Gasteiger charge is 2.29. The van der Waals surface area contributed by atoms with Crippen LogP contribution in [0.4, 0.5) is 5.69 Å². The molecule has 1 amide bonds. The van der Waals surface area contributed by atoms with Crippen molar-refractivity contribution in [3.05, 3.63) is 29.8 Å². The Hall–Kier alpha value is -1.56. The zero-order valence-corrected chi connectivity index (χ0v) is 11.8. The summed E-state index contributed by atoms with van der Waals surface area (Å²) in [5, 5.41) is 2.91. The number of anilines is 1. The molecule has 1 atom stereocenters. The van der Waals surface area contributed by atoms with Gasteiger partial charge in [-0.1, -0.05) is 12.1 Å². The van der Waals surface area contributed by atoms with Crippen LogP contribution in [-0.2, 0) is 10.0 Å². The van der Waals surface area contributed by atoms with Crippen molar-refractivity contribution in [1.29, 1.82) is 0 Å². The number of carbonyl (C=O) groups excluding carboxylic acids is 1. The van der Waals surface area contributed by atoms with Crippen LogP contribution < -0.4 is 10.0 Å². The van der Waals surface area contributed by atoms with Crippen LogP contribution in [0.5, 0.6) is 0 Å². The van der Waals surface area contributed by atoms with Crippen LogP contribution in [-0.4, -0.2) is 26.6 Å². The van der Waals surface area contributed by atoms with Crippen LogP contribution in [0.2, 0.25) is 0 Å². The lowest BCUT2D eigenvalue weighted by atomic mass is 10.1. The SMILES string of the molecule is CC(NC(=O)c1ccccc1NS(C)(=O)=O)C1CC1. The van der Waals surface area contributed by atoms with Crippen molar-refractivity contribution in [2.75, 3.05) is 11.0 Å². The van der Waals surface area contributed by atoms with E-state index in [0.717, 1.165) is 19.1 Å². The zero-order valence-electron chi connectivity index (χ0n) is 11.0. The molecular weight excluding hydrogens is 264 g/mol. The van der Waals surface area contributed by atoms with Crippen molar-refractivity contribution in [3.63, 3.8) is 0 Å². The van der Waals surface area contributed by atoms with E-state index in [-0.39, 0.29) is 11.9 Å². The fraction of sp³-hybridized carbons (Fsp3) is 0.462. The maximum Gasteiger partial charge on any atom is 0.253 e. The number of para-hydroxylation sites is 1. The van der Waals surface area contributed by atoms with Gasteiger partial charge < -0.3 is 5.32 Å². The van der Waals surface area contributed by atoms with E-state index in [0.29, 0.717) is 17.2 Å². The van der Waals surface area contributed by atoms with Crippen molar-refractivity contribution in [3.8, 4) is 0 Å². The Bertz CT molecular complexity index is 579. The number of sulfonamides is 1. The number of benzene rings is 1. The first kappa shape index (κ1) is 13.9. The highest BCUT2D eigenvalue weighted by atomic mass is 32.2. The van der Waals surface area contributed by atoms with Gasteiger partial charge in [0.1, 0.15) is 0 Å². The molecule has 0 saturated heterocycles. The minimum absolute atomic E-state index is 0.124. The van der Waals surface area contributed by atoms with Gasteiger partial charge in [0.2, 0.25) is 10.0 Å². The lowest BCUT2D eigenvalue weighted by Gasteiger charge is -2.15. The third-order valence-corrected chi connectivity index (χ3v) is 3.75. The molecule has 1 unspecified atom stereocenters. The lowest BCUT2D eigenvalue weighted by Crippen LogP contribution is -2.34. The van der Waals surface area contributed by atoms with E-state index in [4.69, 9.17) is 0 Å². The molecule has 0 aliphatic heterocycles. The van der Waals surface area contributed by atoms with Gasteiger partial charge in [-0.25, -0.2) is 8.42 Å². The van der Waals surface area contributed by atoms with Gasteiger partial charge in [0.15, 0.2) is 0 Å². The van der Waals surface area contributed by atoms with Gasteiger partial charge in [-0.05, 0) is 37.8 Å². The van der Waals surface area contributed by atoms with Gasteiger partial charge in [-0.3, -0.25) is 9.52 Å². The van der Waals surface area contributed by atoms with E-state index < -0.39 is 10.0 Å². The molecule has 1 fully saturated rings. The van der Waals surface area contributed by atoms with Gasteiger partial charge in [0.05, 0.1) is 17.5 Å². The summed E-state index contributed by atoms with van der Waals surface area (Å²) in [7, 11) is -3.40. The second-order valence-corrected chi connectivity index (χ2v) is 6.77. The number of carbonyl (C=O) groups is 1. The molecule has 2 N–H and O–H groups in total. The first-order chi connectivity index (χ1) is 8.87. The van der Waals surface area contributed by atoms with Crippen molar-refractivity contribution in [2.45, 2.75) is 25.8 Å². The Labute approximate surface area is 113 Å². The molecule has 6 heteroatoms. The fourth-order valence-corrected chi connectivity index (χ4v) is 2.55. The predicted molar refractivity (Wildman–Crippen MR) is 74.6 cm³/mol. The van der Waals surface area contributed by atoms with Gasteiger partial charge in [0.25, 0.3) is 5.91 Å². The molecule has 2 rings (SSSR count). The number of hydrogen-bond acceptors (Lipinski definition) is 3. The molecule has 5 nitrogen and oxygen atoms in total. The topological polar surface area (TPSA) is 75.3 Å². The van der Waals surface area contributed by atoms with Crippen LogP contribution >= 0.6 is 0 Å². The van der Waals surface area contributed by atoms with Gasteiger partial charge in [-0.15, -0.1) is 0 Å². The minimum atomic E-state index is -3.40. The monoisotopic (exact) mass is 282 g/mol. The zero-order chi connectivity index (χ0) is 14.0. The minimum Gasteiger partial charge on any atom is -0.349 e. The average molecular weight is 282 g/mol. The summed E-state index contributed by atoms with van der Waals surface area (Å²) in [6, 6.07) is 6.72. The molecule has 0 bridgehead atoms. The first-order valence-corrected chi connectivity index (χ1v) is 8.13. The fourth-order valence-electron chi connectivity index (χ4n) is 1.97. The maximum atomic E-state index is 12.1. The average Bonchev–Trinajstić information content (AvgIpc) is 3.10. The molecule has 1 aromatic carbocycles. The summed E-state index contributed by atoms with van der Waals surface area (Å²) in [5.41, 5.74) is 0.658. The summed E-state index contributed by atoms with van der Waals surface area (Å²) in [6.07, 6.45) is 3.35. The van der Waals surface area contributed by atoms with Gasteiger partial charge in [-0.2, -0.15) is 0 Å². The van der Waals surface area contributed by atoms with Crippen molar-refractivity contribution in [1.82, 2.24) is 5.32 Å². The standard InChI is InChI=1S/C13H18N2O3S/c1-9(10-7-8-10)14-13(16)11-5-3-4-6-12(11)15-19(2,17)18/h3-6,9-10,15H,7-8H2,1-2H3,(H,14,16). The van der Waals surface area contributed by atoms with E-state index in [2.05, 4.69) is 10.0 Å². The normalized spacial score (nSPS) is 16.7. The highest BCUT2D eigenvalue weighted by molar-refractivity contribution is 7.92. The number of amides is 1. The summed E-state index contributed by atoms with van der Waals surface area (Å²) in [6.45, 7) is 1.97. The maximum absolute atomic E-state index is 12.1. The molecule has 0 heterocycles. The molecule has 0 radical (unpaired) electrons. The first-order valence-electron chi connectivity index (χ1n) is 6.24. The molecule has 1 aromatic rings. The molecular formula is C13H18N2O3S. The van der Waals surface area contributed by atoms with E-state index in [1.54, 1.807) is 24.3 Å². The number of nitrogens with one attached hydrogen (secondary N) is 2. The Morgan fingerprint density at radius 1 is 1.32 bits per heavy atom. The van der Waals surface area contributed by atoms with Crippen LogP contribution in [0.1, 0.15) is 30.1 Å². The Balaban J connectivity index is 2.16. The Kier molecular flexibility index (Phi) is 3.80. The second-order valence-electron chi connectivity index (χ2n) is 5.02.